The van der Waals surface area contributed by atoms with Crippen LogP contribution in [0.4, 0.5) is 5.69 Å². The molecule has 0 radical (unpaired) electrons. The summed E-state index contributed by atoms with van der Waals surface area (Å²) in [6.45, 7) is 4.04. The SMILES string of the molecule is CC[C@@]1(C(=O)O)C[C@@H](Nc2ccccc2)C[C@@H]1C. The summed E-state index contributed by atoms with van der Waals surface area (Å²) in [6, 6.07) is 10.3. The number of hydrogen-bond acceptors (Lipinski definition) is 2. The molecule has 3 heteroatoms. The van der Waals surface area contributed by atoms with Gasteiger partial charge in [-0.25, -0.2) is 0 Å². The molecule has 0 amide bonds. The molecule has 0 heterocycles. The molecule has 3 atom stereocenters. The van der Waals surface area contributed by atoms with Gasteiger partial charge in [0.05, 0.1) is 5.41 Å². The number of nitrogens with one attached hydrogen (secondary N) is 1. The number of aliphatic carboxylic acids is 1. The molecule has 2 rings (SSSR count). The van der Waals surface area contributed by atoms with Crippen molar-refractivity contribution in [3.63, 3.8) is 0 Å². The molecular weight excluding hydrogens is 226 g/mol. The fourth-order valence-corrected chi connectivity index (χ4v) is 3.20. The van der Waals surface area contributed by atoms with Crippen LogP contribution in [0.5, 0.6) is 0 Å². The molecule has 3 nitrogen and oxygen atoms in total. The van der Waals surface area contributed by atoms with Gasteiger partial charge < -0.3 is 10.4 Å². The number of anilines is 1. The maximum atomic E-state index is 11.5. The number of benzene rings is 1. The van der Waals surface area contributed by atoms with Gasteiger partial charge in [-0.15, -0.1) is 0 Å². The Bertz CT molecular complexity index is 418. The quantitative estimate of drug-likeness (QED) is 0.857. The van der Waals surface area contributed by atoms with Crippen molar-refractivity contribution in [1.29, 1.82) is 0 Å². The van der Waals surface area contributed by atoms with E-state index in [0.717, 1.165) is 18.5 Å². The Balaban J connectivity index is 2.09. The minimum Gasteiger partial charge on any atom is -0.481 e. The van der Waals surface area contributed by atoms with E-state index in [9.17, 15) is 9.90 Å². The topological polar surface area (TPSA) is 49.3 Å². The van der Waals surface area contributed by atoms with Crippen molar-refractivity contribution in [3.05, 3.63) is 30.3 Å². The van der Waals surface area contributed by atoms with Crippen LogP contribution < -0.4 is 5.32 Å². The molecule has 1 aromatic carbocycles. The third-order valence-electron chi connectivity index (χ3n) is 4.39. The normalized spacial score (nSPS) is 31.2. The Kier molecular flexibility index (Phi) is 3.60. The maximum absolute atomic E-state index is 11.5. The third-order valence-corrected chi connectivity index (χ3v) is 4.39. The standard InChI is InChI=1S/C15H21NO2/c1-3-15(14(17)18)10-13(9-11(15)2)16-12-7-5-4-6-8-12/h4-8,11,13,16H,3,9-10H2,1-2H3,(H,17,18)/t11-,13-,15+/m0/s1. The van der Waals surface area contributed by atoms with Crippen molar-refractivity contribution in [3.8, 4) is 0 Å². The van der Waals surface area contributed by atoms with Crippen LogP contribution in [0.1, 0.15) is 33.1 Å². The predicted molar refractivity (Wildman–Crippen MR) is 72.6 cm³/mol. The highest BCUT2D eigenvalue weighted by molar-refractivity contribution is 5.75. The van der Waals surface area contributed by atoms with Crippen LogP contribution in [0.15, 0.2) is 30.3 Å². The molecule has 0 saturated heterocycles. The summed E-state index contributed by atoms with van der Waals surface area (Å²) in [5.41, 5.74) is 0.527. The molecule has 0 spiro atoms. The second-order valence-corrected chi connectivity index (χ2v) is 5.36. The van der Waals surface area contributed by atoms with E-state index in [-0.39, 0.29) is 12.0 Å². The Morgan fingerprint density at radius 1 is 1.44 bits per heavy atom. The summed E-state index contributed by atoms with van der Waals surface area (Å²) >= 11 is 0. The molecule has 0 bridgehead atoms. The average molecular weight is 247 g/mol. The van der Waals surface area contributed by atoms with Crippen molar-refractivity contribution in [2.45, 2.75) is 39.2 Å². The highest BCUT2D eigenvalue weighted by Crippen LogP contribution is 2.46. The molecule has 1 aliphatic rings. The van der Waals surface area contributed by atoms with Crippen LogP contribution in [0.25, 0.3) is 0 Å². The van der Waals surface area contributed by atoms with Gasteiger partial charge in [0, 0.05) is 11.7 Å². The van der Waals surface area contributed by atoms with Crippen molar-refractivity contribution in [1.82, 2.24) is 0 Å². The highest BCUT2D eigenvalue weighted by atomic mass is 16.4. The molecule has 1 aliphatic carbocycles. The van der Waals surface area contributed by atoms with E-state index in [0.29, 0.717) is 6.42 Å². The lowest BCUT2D eigenvalue weighted by Crippen LogP contribution is -2.33. The van der Waals surface area contributed by atoms with Crippen molar-refractivity contribution >= 4 is 11.7 Å². The lowest BCUT2D eigenvalue weighted by molar-refractivity contribution is -0.151. The number of carboxylic acids is 1. The van der Waals surface area contributed by atoms with Gasteiger partial charge in [0.25, 0.3) is 0 Å². The summed E-state index contributed by atoms with van der Waals surface area (Å²) in [6.07, 6.45) is 2.35. The monoisotopic (exact) mass is 247 g/mol. The maximum Gasteiger partial charge on any atom is 0.309 e. The van der Waals surface area contributed by atoms with Crippen LogP contribution in [0.2, 0.25) is 0 Å². The second-order valence-electron chi connectivity index (χ2n) is 5.36. The van der Waals surface area contributed by atoms with Gasteiger partial charge in [-0.1, -0.05) is 32.0 Å². The molecule has 98 valence electrons. The fourth-order valence-electron chi connectivity index (χ4n) is 3.20. The van der Waals surface area contributed by atoms with Crippen molar-refractivity contribution in [2.75, 3.05) is 5.32 Å². The first-order valence-corrected chi connectivity index (χ1v) is 6.63. The second kappa shape index (κ2) is 5.01. The van der Waals surface area contributed by atoms with Crippen molar-refractivity contribution in [2.24, 2.45) is 11.3 Å². The number of hydrogen-bond donors (Lipinski definition) is 2. The first-order chi connectivity index (χ1) is 8.58. The average Bonchev–Trinajstić information content (AvgIpc) is 2.68. The number of rotatable bonds is 4. The van der Waals surface area contributed by atoms with Crippen LogP contribution in [-0.2, 0) is 4.79 Å². The number of para-hydroxylation sites is 1. The molecular formula is C15H21NO2. The Morgan fingerprint density at radius 3 is 2.61 bits per heavy atom. The molecule has 1 saturated carbocycles. The van der Waals surface area contributed by atoms with E-state index in [2.05, 4.69) is 12.2 Å². The van der Waals surface area contributed by atoms with Gasteiger partial charge in [-0.05, 0) is 37.3 Å². The van der Waals surface area contributed by atoms with Crippen molar-refractivity contribution < 1.29 is 9.90 Å². The first-order valence-electron chi connectivity index (χ1n) is 6.63. The lowest BCUT2D eigenvalue weighted by atomic mass is 9.76. The molecule has 0 unspecified atom stereocenters. The summed E-state index contributed by atoms with van der Waals surface area (Å²) in [4.78, 5) is 11.5. The molecule has 1 fully saturated rings. The minimum atomic E-state index is -0.644. The summed E-state index contributed by atoms with van der Waals surface area (Å²) in [7, 11) is 0. The molecule has 2 N–H and O–H groups in total. The van der Waals surface area contributed by atoms with E-state index in [4.69, 9.17) is 0 Å². The lowest BCUT2D eigenvalue weighted by Gasteiger charge is -2.27. The third kappa shape index (κ3) is 2.22. The highest BCUT2D eigenvalue weighted by Gasteiger charge is 2.49. The molecule has 1 aromatic rings. The zero-order valence-corrected chi connectivity index (χ0v) is 11.0. The van der Waals surface area contributed by atoms with Crippen LogP contribution in [0.3, 0.4) is 0 Å². The molecule has 0 aliphatic heterocycles. The van der Waals surface area contributed by atoms with Gasteiger partial charge in [0.2, 0.25) is 0 Å². The first kappa shape index (κ1) is 12.9. The Hall–Kier alpha value is -1.51. The van der Waals surface area contributed by atoms with E-state index < -0.39 is 11.4 Å². The Morgan fingerprint density at radius 2 is 2.11 bits per heavy atom. The van der Waals surface area contributed by atoms with Gasteiger partial charge >= 0.3 is 5.97 Å². The summed E-state index contributed by atoms with van der Waals surface area (Å²) in [5, 5.41) is 12.9. The summed E-state index contributed by atoms with van der Waals surface area (Å²) < 4.78 is 0. The predicted octanol–water partition coefficient (Wildman–Crippen LogP) is 3.38. The van der Waals surface area contributed by atoms with Gasteiger partial charge in [-0.2, -0.15) is 0 Å². The Labute approximate surface area is 108 Å². The van der Waals surface area contributed by atoms with Gasteiger partial charge in [0.1, 0.15) is 0 Å². The van der Waals surface area contributed by atoms with Crippen LogP contribution in [-0.4, -0.2) is 17.1 Å². The molecule has 18 heavy (non-hydrogen) atoms. The number of carbonyl (C=O) groups is 1. The van der Waals surface area contributed by atoms with Gasteiger partial charge in [-0.3, -0.25) is 4.79 Å². The largest absolute Gasteiger partial charge is 0.481 e. The smallest absolute Gasteiger partial charge is 0.309 e. The van der Waals surface area contributed by atoms with Crippen LogP contribution >= 0.6 is 0 Å². The van der Waals surface area contributed by atoms with Gasteiger partial charge in [0.15, 0.2) is 0 Å². The van der Waals surface area contributed by atoms with E-state index >= 15 is 0 Å². The number of carboxylic acid groups (broad SMARTS) is 1. The minimum absolute atomic E-state index is 0.223. The van der Waals surface area contributed by atoms with E-state index in [1.165, 1.54) is 0 Å². The van der Waals surface area contributed by atoms with E-state index in [1.807, 2.05) is 37.3 Å². The summed E-state index contributed by atoms with van der Waals surface area (Å²) in [5.74, 6) is -0.420. The zero-order chi connectivity index (χ0) is 13.2. The molecule has 0 aromatic heterocycles. The van der Waals surface area contributed by atoms with Crippen LogP contribution in [0, 0.1) is 11.3 Å². The fraction of sp³-hybridized carbons (Fsp3) is 0.533. The van der Waals surface area contributed by atoms with E-state index in [1.54, 1.807) is 0 Å². The zero-order valence-electron chi connectivity index (χ0n) is 11.0.